The van der Waals surface area contributed by atoms with Crippen LogP contribution in [0.2, 0.25) is 5.02 Å². The van der Waals surface area contributed by atoms with E-state index in [9.17, 15) is 13.6 Å². The molecular formula is C15H18BClF2O4. The standard InChI is InChI=1S/C15H18BClF2O4/c1-14(2)15(3,4)23-16(22-14)9(7-11(20)21)8-5-6-10(18)12(17)13(8)19/h5-6,9H,7H2,1-4H3,(H,20,21). The number of rotatable bonds is 4. The van der Waals surface area contributed by atoms with Crippen molar-refractivity contribution < 1.29 is 28.0 Å². The van der Waals surface area contributed by atoms with Crippen molar-refractivity contribution in [1.82, 2.24) is 0 Å². The van der Waals surface area contributed by atoms with E-state index < -0.39 is 53.2 Å². The van der Waals surface area contributed by atoms with Gasteiger partial charge in [0.25, 0.3) is 0 Å². The third-order valence-corrected chi connectivity index (χ3v) is 4.81. The van der Waals surface area contributed by atoms with E-state index in [0.29, 0.717) is 0 Å². The van der Waals surface area contributed by atoms with Crippen LogP contribution in [0.4, 0.5) is 8.78 Å². The van der Waals surface area contributed by atoms with Crippen LogP contribution in [0.5, 0.6) is 0 Å². The molecule has 126 valence electrons. The number of hydrogen-bond acceptors (Lipinski definition) is 3. The fourth-order valence-electron chi connectivity index (χ4n) is 2.42. The third-order valence-electron chi connectivity index (χ3n) is 4.46. The molecule has 1 fully saturated rings. The highest BCUT2D eigenvalue weighted by atomic mass is 35.5. The normalized spacial score (nSPS) is 20.6. The van der Waals surface area contributed by atoms with Gasteiger partial charge in [0.15, 0.2) is 0 Å². The minimum absolute atomic E-state index is 0.0442. The maximum absolute atomic E-state index is 14.3. The molecule has 1 saturated heterocycles. The molecule has 1 heterocycles. The van der Waals surface area contributed by atoms with Crippen molar-refractivity contribution in [3.05, 3.63) is 34.4 Å². The summed E-state index contributed by atoms with van der Waals surface area (Å²) >= 11 is 5.60. The first-order chi connectivity index (χ1) is 10.5. The Balaban J connectivity index is 2.44. The molecule has 0 bridgehead atoms. The van der Waals surface area contributed by atoms with Gasteiger partial charge in [-0.2, -0.15) is 0 Å². The second-order valence-corrected chi connectivity index (χ2v) is 6.97. The van der Waals surface area contributed by atoms with Crippen molar-refractivity contribution >= 4 is 24.7 Å². The van der Waals surface area contributed by atoms with Crippen LogP contribution in [0, 0.1) is 11.6 Å². The van der Waals surface area contributed by atoms with Crippen LogP contribution >= 0.6 is 11.6 Å². The molecule has 1 aliphatic rings. The summed E-state index contributed by atoms with van der Waals surface area (Å²) in [6.07, 6.45) is -0.435. The molecule has 23 heavy (non-hydrogen) atoms. The summed E-state index contributed by atoms with van der Waals surface area (Å²) < 4.78 is 39.3. The molecule has 1 aromatic carbocycles. The predicted molar refractivity (Wildman–Crippen MR) is 82.4 cm³/mol. The highest BCUT2D eigenvalue weighted by molar-refractivity contribution is 6.48. The van der Waals surface area contributed by atoms with Crippen molar-refractivity contribution in [2.75, 3.05) is 0 Å². The number of carboxylic acid groups (broad SMARTS) is 1. The molecule has 0 amide bonds. The SMILES string of the molecule is CC1(C)OB(C(CC(=O)O)c2ccc(F)c(Cl)c2F)OC1(C)C. The van der Waals surface area contributed by atoms with Crippen LogP contribution < -0.4 is 0 Å². The maximum atomic E-state index is 14.3. The van der Waals surface area contributed by atoms with Gasteiger partial charge in [-0.15, -0.1) is 0 Å². The molecule has 1 atom stereocenters. The van der Waals surface area contributed by atoms with E-state index >= 15 is 0 Å². The molecule has 0 aliphatic carbocycles. The summed E-state index contributed by atoms with van der Waals surface area (Å²) in [6.45, 7) is 7.22. The van der Waals surface area contributed by atoms with Gasteiger partial charge >= 0.3 is 13.1 Å². The van der Waals surface area contributed by atoms with Gasteiger partial charge in [-0.3, -0.25) is 4.79 Å². The minimum Gasteiger partial charge on any atom is -0.481 e. The van der Waals surface area contributed by atoms with E-state index in [4.69, 9.17) is 26.0 Å². The Kier molecular flexibility index (Phi) is 4.77. The smallest absolute Gasteiger partial charge is 0.466 e. The largest absolute Gasteiger partial charge is 0.481 e. The van der Waals surface area contributed by atoms with Gasteiger partial charge in [-0.25, -0.2) is 8.78 Å². The maximum Gasteiger partial charge on any atom is 0.466 e. The molecule has 8 heteroatoms. The predicted octanol–water partition coefficient (Wildman–Crippen LogP) is 3.81. The molecule has 1 N–H and O–H groups in total. The Morgan fingerprint density at radius 3 is 2.26 bits per heavy atom. The van der Waals surface area contributed by atoms with Gasteiger partial charge in [0, 0.05) is 5.82 Å². The Morgan fingerprint density at radius 2 is 1.78 bits per heavy atom. The number of carboxylic acids is 1. The summed E-state index contributed by atoms with van der Waals surface area (Å²) in [6, 6.07) is 2.18. The number of carbonyl (C=O) groups is 1. The van der Waals surface area contributed by atoms with E-state index in [1.165, 1.54) is 6.07 Å². The number of aliphatic carboxylic acids is 1. The summed E-state index contributed by atoms with van der Waals surface area (Å²) in [5.41, 5.74) is -1.44. The van der Waals surface area contributed by atoms with E-state index in [0.717, 1.165) is 6.07 Å². The molecule has 4 nitrogen and oxygen atoms in total. The van der Waals surface area contributed by atoms with Crippen LogP contribution in [0.3, 0.4) is 0 Å². The molecular weight excluding hydrogens is 328 g/mol. The molecule has 0 aromatic heterocycles. The molecule has 2 rings (SSSR count). The Morgan fingerprint density at radius 1 is 1.26 bits per heavy atom. The first-order valence-corrected chi connectivity index (χ1v) is 7.55. The van der Waals surface area contributed by atoms with Crippen molar-refractivity contribution in [3.63, 3.8) is 0 Å². The summed E-state index contributed by atoms with van der Waals surface area (Å²) in [7, 11) is -0.980. The van der Waals surface area contributed by atoms with E-state index in [1.54, 1.807) is 27.7 Å². The zero-order valence-corrected chi connectivity index (χ0v) is 14.1. The van der Waals surface area contributed by atoms with Gasteiger partial charge in [0.05, 0.1) is 17.6 Å². The summed E-state index contributed by atoms with van der Waals surface area (Å²) in [5, 5.41) is 8.47. The molecule has 0 spiro atoms. The van der Waals surface area contributed by atoms with Gasteiger partial charge in [-0.1, -0.05) is 17.7 Å². The lowest BCUT2D eigenvalue weighted by Gasteiger charge is -2.32. The van der Waals surface area contributed by atoms with Crippen molar-refractivity contribution in [2.45, 2.75) is 51.1 Å². The minimum atomic E-state index is -1.15. The molecule has 0 radical (unpaired) electrons. The number of halogens is 3. The fraction of sp³-hybridized carbons (Fsp3) is 0.533. The monoisotopic (exact) mass is 346 g/mol. The topological polar surface area (TPSA) is 55.8 Å². The fourth-order valence-corrected chi connectivity index (χ4v) is 2.59. The average molecular weight is 347 g/mol. The van der Waals surface area contributed by atoms with E-state index in [-0.39, 0.29) is 5.56 Å². The van der Waals surface area contributed by atoms with E-state index in [1.807, 2.05) is 0 Å². The zero-order chi connectivity index (χ0) is 17.6. The second-order valence-electron chi connectivity index (χ2n) is 6.59. The number of hydrogen-bond donors (Lipinski definition) is 1. The quantitative estimate of drug-likeness (QED) is 0.665. The highest BCUT2D eigenvalue weighted by Crippen LogP contribution is 2.42. The van der Waals surface area contributed by atoms with Crippen LogP contribution in [0.1, 0.15) is 45.5 Å². The Bertz CT molecular complexity index is 620. The Hall–Kier alpha value is -1.18. The molecule has 1 aromatic rings. The average Bonchev–Trinajstić information content (AvgIpc) is 2.63. The summed E-state index contributed by atoms with van der Waals surface area (Å²) in [4.78, 5) is 11.2. The molecule has 1 unspecified atom stereocenters. The lowest BCUT2D eigenvalue weighted by atomic mass is 9.66. The van der Waals surface area contributed by atoms with Crippen LogP contribution in [0.25, 0.3) is 0 Å². The van der Waals surface area contributed by atoms with Crippen molar-refractivity contribution in [2.24, 2.45) is 0 Å². The van der Waals surface area contributed by atoms with Crippen LogP contribution in [-0.4, -0.2) is 29.4 Å². The van der Waals surface area contributed by atoms with Crippen molar-refractivity contribution in [3.8, 4) is 0 Å². The van der Waals surface area contributed by atoms with Crippen molar-refractivity contribution in [1.29, 1.82) is 0 Å². The molecule has 0 saturated carbocycles. The van der Waals surface area contributed by atoms with Crippen LogP contribution in [0.15, 0.2) is 12.1 Å². The van der Waals surface area contributed by atoms with Gasteiger partial charge in [0.2, 0.25) is 0 Å². The number of benzene rings is 1. The first kappa shape index (κ1) is 18.2. The molecule has 1 aliphatic heterocycles. The second kappa shape index (κ2) is 6.04. The lowest BCUT2D eigenvalue weighted by Crippen LogP contribution is -2.41. The highest BCUT2D eigenvalue weighted by Gasteiger charge is 2.54. The van der Waals surface area contributed by atoms with Gasteiger partial charge in [0.1, 0.15) is 16.7 Å². The third kappa shape index (κ3) is 3.37. The van der Waals surface area contributed by atoms with Crippen LogP contribution in [-0.2, 0) is 14.1 Å². The first-order valence-electron chi connectivity index (χ1n) is 7.17. The zero-order valence-electron chi connectivity index (χ0n) is 13.3. The summed E-state index contributed by atoms with van der Waals surface area (Å²) in [5.74, 6) is -4.00. The van der Waals surface area contributed by atoms with Gasteiger partial charge < -0.3 is 14.4 Å². The van der Waals surface area contributed by atoms with E-state index in [2.05, 4.69) is 0 Å². The lowest BCUT2D eigenvalue weighted by molar-refractivity contribution is -0.137. The Labute approximate surface area is 138 Å². The van der Waals surface area contributed by atoms with Gasteiger partial charge in [-0.05, 0) is 39.3 Å².